The number of benzene rings is 1. The average Bonchev–Trinajstić information content (AvgIpc) is 3.18. The van der Waals surface area contributed by atoms with Crippen molar-refractivity contribution in [2.45, 2.75) is 13.0 Å². The number of imidazole rings is 1. The maximum absolute atomic E-state index is 10.7. The minimum atomic E-state index is 0.474. The highest BCUT2D eigenvalue weighted by molar-refractivity contribution is 5.85. The molecule has 7 nitrogen and oxygen atoms in total. The summed E-state index contributed by atoms with van der Waals surface area (Å²) in [4.78, 5) is 20.1. The van der Waals surface area contributed by atoms with Crippen molar-refractivity contribution in [2.75, 3.05) is 19.0 Å². The topological polar surface area (TPSA) is 89.7 Å². The first-order chi connectivity index (χ1) is 11.7. The van der Waals surface area contributed by atoms with Crippen LogP contribution >= 0.6 is 0 Å². The first-order valence-corrected chi connectivity index (χ1v) is 7.63. The highest BCUT2D eigenvalue weighted by atomic mass is 16.1. The van der Waals surface area contributed by atoms with Gasteiger partial charge in [0, 0.05) is 18.1 Å². The van der Waals surface area contributed by atoms with E-state index in [-0.39, 0.29) is 0 Å². The number of nitrogens with zero attached hydrogens (tertiary/aromatic N) is 4. The van der Waals surface area contributed by atoms with Crippen LogP contribution in [0.25, 0.3) is 10.9 Å². The molecule has 2 aromatic heterocycles. The van der Waals surface area contributed by atoms with E-state index in [0.29, 0.717) is 18.6 Å². The quantitative estimate of drug-likeness (QED) is 0.647. The second kappa shape index (κ2) is 6.98. The fraction of sp³-hybridized carbons (Fsp3) is 0.235. The summed E-state index contributed by atoms with van der Waals surface area (Å²) in [5.41, 5.74) is 5.31. The highest BCUT2D eigenvalue weighted by Crippen LogP contribution is 2.21. The predicted molar refractivity (Wildman–Crippen MR) is 90.7 cm³/mol. The molecule has 0 bridgehead atoms. The molecule has 3 rings (SSSR count). The molecule has 0 aliphatic rings. The molecule has 2 N–H and O–H groups in total. The lowest BCUT2D eigenvalue weighted by molar-refractivity contribution is -0.106. The predicted octanol–water partition coefficient (Wildman–Crippen LogP) is 1.61. The molecule has 24 heavy (non-hydrogen) atoms. The van der Waals surface area contributed by atoms with Crippen LogP contribution in [0.4, 0.5) is 0 Å². The Hall–Kier alpha value is -3.11. The van der Waals surface area contributed by atoms with E-state index in [1.165, 1.54) is 5.56 Å². The fourth-order valence-corrected chi connectivity index (χ4v) is 2.76. The van der Waals surface area contributed by atoms with Gasteiger partial charge < -0.3 is 4.98 Å². The van der Waals surface area contributed by atoms with Crippen LogP contribution in [0, 0.1) is 11.3 Å². The Kier molecular flexibility index (Phi) is 4.59. The molecule has 0 spiro atoms. The van der Waals surface area contributed by atoms with Crippen LogP contribution in [0.3, 0.4) is 0 Å². The molecule has 0 aliphatic heterocycles. The van der Waals surface area contributed by atoms with Crippen molar-refractivity contribution in [3.05, 3.63) is 53.7 Å². The van der Waals surface area contributed by atoms with Gasteiger partial charge in [-0.2, -0.15) is 5.26 Å². The smallest absolute Gasteiger partial charge is 0.226 e. The van der Waals surface area contributed by atoms with E-state index in [4.69, 9.17) is 5.26 Å². The van der Waals surface area contributed by atoms with Crippen LogP contribution < -0.4 is 5.43 Å². The Labute approximate surface area is 139 Å². The number of carbonyl (C=O) groups excluding carboxylic acids is 1. The fourth-order valence-electron chi connectivity index (χ4n) is 2.76. The number of nitriles is 1. The number of rotatable bonds is 7. The second-order valence-electron chi connectivity index (χ2n) is 5.63. The van der Waals surface area contributed by atoms with Gasteiger partial charge in [-0.25, -0.2) is 4.98 Å². The molecule has 0 radical (unpaired) electrons. The Balaban J connectivity index is 1.68. The standard InChI is InChI=1S/C17H18N6O/c1-22(11-17-19-9-14(8-18)21-17)7-6-13-10-23(20-12-24)16-5-3-2-4-15(13)16/h2-5,9-10,12H,6-7,11H2,1H3,(H,19,21)(H,20,24). The van der Waals surface area contributed by atoms with Gasteiger partial charge in [0.05, 0.1) is 18.3 Å². The summed E-state index contributed by atoms with van der Waals surface area (Å²) in [7, 11) is 2.01. The largest absolute Gasteiger partial charge is 0.333 e. The van der Waals surface area contributed by atoms with Crippen LogP contribution in [0.2, 0.25) is 0 Å². The van der Waals surface area contributed by atoms with Gasteiger partial charge >= 0.3 is 0 Å². The number of hydrogen-bond acceptors (Lipinski definition) is 4. The van der Waals surface area contributed by atoms with Crippen molar-refractivity contribution in [3.8, 4) is 6.07 Å². The summed E-state index contributed by atoms with van der Waals surface area (Å²) < 4.78 is 1.74. The number of carbonyl (C=O) groups is 1. The van der Waals surface area contributed by atoms with Gasteiger partial charge in [-0.15, -0.1) is 0 Å². The number of amides is 1. The van der Waals surface area contributed by atoms with Crippen molar-refractivity contribution < 1.29 is 4.79 Å². The molecule has 2 heterocycles. The van der Waals surface area contributed by atoms with Crippen LogP contribution in [0.5, 0.6) is 0 Å². The van der Waals surface area contributed by atoms with Crippen molar-refractivity contribution in [1.29, 1.82) is 5.26 Å². The number of H-pyrrole nitrogens is 1. The van der Waals surface area contributed by atoms with E-state index in [1.807, 2.05) is 37.5 Å². The van der Waals surface area contributed by atoms with Gasteiger partial charge in [-0.1, -0.05) is 18.2 Å². The molecule has 1 amide bonds. The molecule has 0 saturated heterocycles. The molecule has 0 atom stereocenters. The average molecular weight is 322 g/mol. The number of aromatic amines is 1. The summed E-state index contributed by atoms with van der Waals surface area (Å²) in [5, 5.41) is 9.95. The van der Waals surface area contributed by atoms with Crippen molar-refractivity contribution >= 4 is 17.3 Å². The number of aromatic nitrogens is 3. The Morgan fingerprint density at radius 1 is 1.46 bits per heavy atom. The first kappa shape index (κ1) is 15.8. The van der Waals surface area contributed by atoms with Crippen LogP contribution in [-0.4, -0.2) is 39.5 Å². The monoisotopic (exact) mass is 322 g/mol. The lowest BCUT2D eigenvalue weighted by Crippen LogP contribution is -2.21. The van der Waals surface area contributed by atoms with Gasteiger partial charge in [0.25, 0.3) is 0 Å². The Bertz CT molecular complexity index is 888. The van der Waals surface area contributed by atoms with Crippen molar-refractivity contribution in [2.24, 2.45) is 0 Å². The van der Waals surface area contributed by atoms with E-state index in [9.17, 15) is 4.79 Å². The molecule has 0 saturated carbocycles. The number of hydrogen-bond donors (Lipinski definition) is 2. The zero-order chi connectivity index (χ0) is 16.9. The van der Waals surface area contributed by atoms with Crippen LogP contribution in [0.15, 0.2) is 36.7 Å². The van der Waals surface area contributed by atoms with E-state index in [2.05, 4.69) is 26.4 Å². The third-order valence-electron chi connectivity index (χ3n) is 3.92. The lowest BCUT2D eigenvalue weighted by Gasteiger charge is -2.14. The molecule has 0 unspecified atom stereocenters. The van der Waals surface area contributed by atoms with Gasteiger partial charge in [0.1, 0.15) is 17.6 Å². The van der Waals surface area contributed by atoms with Crippen molar-refractivity contribution in [1.82, 2.24) is 19.5 Å². The van der Waals surface area contributed by atoms with E-state index in [1.54, 1.807) is 10.9 Å². The molecule has 3 aromatic rings. The van der Waals surface area contributed by atoms with E-state index < -0.39 is 0 Å². The molecule has 1 aromatic carbocycles. The third kappa shape index (κ3) is 3.29. The van der Waals surface area contributed by atoms with E-state index >= 15 is 0 Å². The van der Waals surface area contributed by atoms with Gasteiger partial charge in [-0.3, -0.25) is 19.8 Å². The minimum Gasteiger partial charge on any atom is -0.333 e. The third-order valence-corrected chi connectivity index (χ3v) is 3.92. The summed E-state index contributed by atoms with van der Waals surface area (Å²) in [6.07, 6.45) is 5.01. The van der Waals surface area contributed by atoms with Crippen LogP contribution in [0.1, 0.15) is 17.1 Å². The number of fused-ring (bicyclic) bond motifs is 1. The SMILES string of the molecule is CN(CCc1cn(NC=O)c2ccccc12)Cc1ncc(C#N)[nH]1. The van der Waals surface area contributed by atoms with Gasteiger partial charge in [0.15, 0.2) is 0 Å². The molecule has 7 heteroatoms. The van der Waals surface area contributed by atoms with Gasteiger partial charge in [0.2, 0.25) is 6.41 Å². The summed E-state index contributed by atoms with van der Waals surface area (Å²) in [6, 6.07) is 10.0. The number of nitrogens with one attached hydrogen (secondary N) is 2. The first-order valence-electron chi connectivity index (χ1n) is 7.63. The number of likely N-dealkylation sites (N-methyl/N-ethyl adjacent to an activating group) is 1. The number of para-hydroxylation sites is 1. The van der Waals surface area contributed by atoms with Crippen LogP contribution in [-0.2, 0) is 17.8 Å². The molecule has 0 fully saturated rings. The zero-order valence-electron chi connectivity index (χ0n) is 13.4. The molecular weight excluding hydrogens is 304 g/mol. The van der Waals surface area contributed by atoms with Gasteiger partial charge in [-0.05, 0) is 25.1 Å². The summed E-state index contributed by atoms with van der Waals surface area (Å²) in [6.45, 7) is 1.48. The molecular formula is C17H18N6O. The minimum absolute atomic E-state index is 0.474. The Morgan fingerprint density at radius 2 is 2.29 bits per heavy atom. The maximum atomic E-state index is 10.7. The lowest BCUT2D eigenvalue weighted by atomic mass is 10.1. The van der Waals surface area contributed by atoms with E-state index in [0.717, 1.165) is 29.7 Å². The normalized spacial score (nSPS) is 10.9. The zero-order valence-corrected chi connectivity index (χ0v) is 13.4. The molecule has 122 valence electrons. The maximum Gasteiger partial charge on any atom is 0.226 e. The summed E-state index contributed by atoms with van der Waals surface area (Å²) >= 11 is 0. The summed E-state index contributed by atoms with van der Waals surface area (Å²) in [5.74, 6) is 0.777. The Morgan fingerprint density at radius 3 is 3.04 bits per heavy atom. The molecule has 0 aliphatic carbocycles. The van der Waals surface area contributed by atoms with Crippen molar-refractivity contribution in [3.63, 3.8) is 0 Å². The highest BCUT2D eigenvalue weighted by Gasteiger charge is 2.10. The second-order valence-corrected chi connectivity index (χ2v) is 5.63.